The topological polar surface area (TPSA) is 24.4 Å². The van der Waals surface area contributed by atoms with Crippen LogP contribution in [0, 0.1) is 0 Å². The van der Waals surface area contributed by atoms with Crippen molar-refractivity contribution in [3.63, 3.8) is 0 Å². The van der Waals surface area contributed by atoms with Crippen LogP contribution in [0.15, 0.2) is 35.3 Å². The van der Waals surface area contributed by atoms with Gasteiger partial charge in [0.05, 0.1) is 0 Å². The average Bonchev–Trinajstić information content (AvgIpc) is 2.53. The molecule has 1 rings (SSSR count). The Morgan fingerprint density at radius 2 is 1.52 bits per heavy atom. The van der Waals surface area contributed by atoms with Gasteiger partial charge in [-0.3, -0.25) is 4.99 Å². The summed E-state index contributed by atoms with van der Waals surface area (Å²) in [4.78, 5) is 4.79. The summed E-state index contributed by atoms with van der Waals surface area (Å²) >= 11 is 0. The summed E-state index contributed by atoms with van der Waals surface area (Å²) in [5.41, 5.74) is 1.21. The average molecular weight is 288 g/mol. The van der Waals surface area contributed by atoms with Crippen molar-refractivity contribution in [3.05, 3.63) is 35.9 Å². The third-order valence-electron chi connectivity index (χ3n) is 3.65. The van der Waals surface area contributed by atoms with Crippen LogP contribution in [0.1, 0.15) is 70.8 Å². The number of amidine groups is 1. The molecule has 2 nitrogen and oxygen atoms in total. The van der Waals surface area contributed by atoms with E-state index >= 15 is 0 Å². The van der Waals surface area contributed by atoms with Crippen LogP contribution in [0.25, 0.3) is 0 Å². The van der Waals surface area contributed by atoms with E-state index in [4.69, 9.17) is 4.99 Å². The molecule has 0 unspecified atom stereocenters. The molecule has 0 bridgehead atoms. The summed E-state index contributed by atoms with van der Waals surface area (Å²) in [6.45, 7) is 6.46. The number of hydrogen-bond acceptors (Lipinski definition) is 1. The Kier molecular flexibility index (Phi) is 10.5. The lowest BCUT2D eigenvalue weighted by Crippen LogP contribution is -2.26. The van der Waals surface area contributed by atoms with E-state index in [-0.39, 0.29) is 0 Å². The molecule has 0 heterocycles. The highest BCUT2D eigenvalue weighted by Gasteiger charge is 2.01. The maximum absolute atomic E-state index is 4.79. The normalized spacial score (nSPS) is 11.6. The Bertz CT molecular complexity index is 370. The van der Waals surface area contributed by atoms with Gasteiger partial charge in [0, 0.05) is 18.7 Å². The minimum atomic E-state index is 0.937. The number of nitrogens with zero attached hydrogens (tertiary/aromatic N) is 1. The smallest absolute Gasteiger partial charge is 0.128 e. The third kappa shape index (κ3) is 8.54. The van der Waals surface area contributed by atoms with Crippen LogP contribution in [-0.2, 0) is 0 Å². The van der Waals surface area contributed by atoms with Crippen molar-refractivity contribution < 1.29 is 0 Å². The SMILES string of the molecule is CCCCCCN=C(NCCCCCC)c1ccccc1. The van der Waals surface area contributed by atoms with E-state index in [9.17, 15) is 0 Å². The fourth-order valence-corrected chi connectivity index (χ4v) is 2.33. The maximum atomic E-state index is 4.79. The van der Waals surface area contributed by atoms with E-state index in [1.807, 2.05) is 0 Å². The van der Waals surface area contributed by atoms with E-state index in [2.05, 4.69) is 49.5 Å². The van der Waals surface area contributed by atoms with Crippen LogP contribution in [0.3, 0.4) is 0 Å². The summed E-state index contributed by atoms with van der Waals surface area (Å²) < 4.78 is 0. The quantitative estimate of drug-likeness (QED) is 0.338. The molecule has 0 atom stereocenters. The Morgan fingerprint density at radius 1 is 0.857 bits per heavy atom. The minimum absolute atomic E-state index is 0.937. The predicted octanol–water partition coefficient (Wildman–Crippen LogP) is 5.18. The van der Waals surface area contributed by atoms with E-state index in [0.717, 1.165) is 18.9 Å². The van der Waals surface area contributed by atoms with Crippen LogP contribution in [0.2, 0.25) is 0 Å². The number of unbranched alkanes of at least 4 members (excludes halogenated alkanes) is 6. The maximum Gasteiger partial charge on any atom is 0.128 e. The number of hydrogen-bond donors (Lipinski definition) is 1. The first-order valence-electron chi connectivity index (χ1n) is 8.72. The minimum Gasteiger partial charge on any atom is -0.370 e. The lowest BCUT2D eigenvalue weighted by Gasteiger charge is -2.10. The van der Waals surface area contributed by atoms with E-state index in [1.165, 1.54) is 56.9 Å². The highest BCUT2D eigenvalue weighted by molar-refractivity contribution is 5.98. The summed E-state index contributed by atoms with van der Waals surface area (Å²) in [6, 6.07) is 10.5. The molecule has 0 saturated heterocycles. The van der Waals surface area contributed by atoms with Gasteiger partial charge in [0.15, 0.2) is 0 Å². The number of nitrogens with one attached hydrogen (secondary N) is 1. The molecular formula is C19H32N2. The summed E-state index contributed by atoms with van der Waals surface area (Å²) in [6.07, 6.45) is 10.2. The van der Waals surface area contributed by atoms with Gasteiger partial charge >= 0.3 is 0 Å². The van der Waals surface area contributed by atoms with Gasteiger partial charge in [-0.25, -0.2) is 0 Å². The zero-order valence-electron chi connectivity index (χ0n) is 13.9. The molecule has 0 aliphatic rings. The molecule has 0 aromatic heterocycles. The molecule has 1 aromatic rings. The molecule has 0 saturated carbocycles. The molecule has 0 fully saturated rings. The molecule has 0 amide bonds. The van der Waals surface area contributed by atoms with Gasteiger partial charge in [-0.05, 0) is 12.8 Å². The zero-order valence-corrected chi connectivity index (χ0v) is 13.9. The molecule has 1 aromatic carbocycles. The molecule has 2 heteroatoms. The molecule has 0 radical (unpaired) electrons. The van der Waals surface area contributed by atoms with Crippen molar-refractivity contribution >= 4 is 5.84 Å². The van der Waals surface area contributed by atoms with Crippen molar-refractivity contribution in [2.75, 3.05) is 13.1 Å². The van der Waals surface area contributed by atoms with Crippen LogP contribution >= 0.6 is 0 Å². The zero-order chi connectivity index (χ0) is 15.2. The Morgan fingerprint density at radius 3 is 2.19 bits per heavy atom. The van der Waals surface area contributed by atoms with Crippen molar-refractivity contribution in [1.82, 2.24) is 5.32 Å². The summed E-state index contributed by atoms with van der Waals surface area (Å²) in [7, 11) is 0. The van der Waals surface area contributed by atoms with Gasteiger partial charge in [-0.15, -0.1) is 0 Å². The van der Waals surface area contributed by atoms with Gasteiger partial charge in [0.1, 0.15) is 5.84 Å². The molecule has 118 valence electrons. The highest BCUT2D eigenvalue weighted by Crippen LogP contribution is 2.04. The molecule has 0 spiro atoms. The largest absolute Gasteiger partial charge is 0.370 e. The van der Waals surface area contributed by atoms with Crippen molar-refractivity contribution in [2.45, 2.75) is 65.2 Å². The Hall–Kier alpha value is -1.31. The lowest BCUT2D eigenvalue weighted by molar-refractivity contribution is 0.650. The first-order valence-corrected chi connectivity index (χ1v) is 8.72. The summed E-state index contributed by atoms with van der Waals surface area (Å²) in [5.74, 6) is 1.07. The number of rotatable bonds is 11. The van der Waals surface area contributed by atoms with Crippen LogP contribution in [0.4, 0.5) is 0 Å². The first kappa shape index (κ1) is 17.7. The van der Waals surface area contributed by atoms with Crippen LogP contribution in [0.5, 0.6) is 0 Å². The molecule has 0 aliphatic heterocycles. The van der Waals surface area contributed by atoms with Gasteiger partial charge in [0.25, 0.3) is 0 Å². The Labute approximate surface area is 131 Å². The van der Waals surface area contributed by atoms with Gasteiger partial charge in [0.2, 0.25) is 0 Å². The second kappa shape index (κ2) is 12.4. The van der Waals surface area contributed by atoms with Crippen LogP contribution < -0.4 is 5.32 Å². The third-order valence-corrected chi connectivity index (χ3v) is 3.65. The first-order chi connectivity index (χ1) is 10.4. The van der Waals surface area contributed by atoms with Gasteiger partial charge in [-0.2, -0.15) is 0 Å². The second-order valence-electron chi connectivity index (χ2n) is 5.64. The second-order valence-corrected chi connectivity index (χ2v) is 5.64. The molecule has 1 N–H and O–H groups in total. The number of aliphatic imine (C=N–C) groups is 1. The lowest BCUT2D eigenvalue weighted by atomic mass is 10.1. The molecule has 21 heavy (non-hydrogen) atoms. The highest BCUT2D eigenvalue weighted by atomic mass is 15.0. The van der Waals surface area contributed by atoms with E-state index < -0.39 is 0 Å². The van der Waals surface area contributed by atoms with Crippen molar-refractivity contribution in [3.8, 4) is 0 Å². The monoisotopic (exact) mass is 288 g/mol. The summed E-state index contributed by atoms with van der Waals surface area (Å²) in [5, 5.41) is 3.54. The van der Waals surface area contributed by atoms with Crippen LogP contribution in [-0.4, -0.2) is 18.9 Å². The Balaban J connectivity index is 2.44. The van der Waals surface area contributed by atoms with Gasteiger partial charge < -0.3 is 5.32 Å². The fourth-order valence-electron chi connectivity index (χ4n) is 2.33. The fraction of sp³-hybridized carbons (Fsp3) is 0.632. The van der Waals surface area contributed by atoms with Crippen molar-refractivity contribution in [1.29, 1.82) is 0 Å². The van der Waals surface area contributed by atoms with Gasteiger partial charge in [-0.1, -0.05) is 82.7 Å². The predicted molar refractivity (Wildman–Crippen MR) is 94.1 cm³/mol. The molecular weight excluding hydrogens is 256 g/mol. The molecule has 0 aliphatic carbocycles. The van der Waals surface area contributed by atoms with E-state index in [0.29, 0.717) is 0 Å². The number of benzene rings is 1. The van der Waals surface area contributed by atoms with E-state index in [1.54, 1.807) is 0 Å². The standard InChI is InChI=1S/C19H32N2/c1-3-5-7-12-16-20-19(18-14-10-9-11-15-18)21-17-13-8-6-4-2/h9-11,14-15H,3-8,12-13,16-17H2,1-2H3,(H,20,21). The van der Waals surface area contributed by atoms with Crippen molar-refractivity contribution in [2.24, 2.45) is 4.99 Å².